The van der Waals surface area contributed by atoms with Crippen molar-refractivity contribution in [1.82, 2.24) is 0 Å². The Bertz CT molecular complexity index is 420. The van der Waals surface area contributed by atoms with Crippen LogP contribution in [0.5, 0.6) is 0 Å². The molecule has 1 aromatic carbocycles. The summed E-state index contributed by atoms with van der Waals surface area (Å²) in [5.74, 6) is 0. The highest BCUT2D eigenvalue weighted by Gasteiger charge is 2.14. The second-order valence-corrected chi connectivity index (χ2v) is 2.59. The van der Waals surface area contributed by atoms with Crippen LogP contribution >= 0.6 is 0 Å². The summed E-state index contributed by atoms with van der Waals surface area (Å²) < 4.78 is 0. The molecule has 3 amide bonds. The molecule has 0 aromatic heterocycles. The van der Waals surface area contributed by atoms with E-state index in [9.17, 15) is 19.7 Å². The van der Waals surface area contributed by atoms with E-state index in [4.69, 9.17) is 5.73 Å². The fourth-order valence-corrected chi connectivity index (χ4v) is 0.996. The lowest BCUT2D eigenvalue weighted by Gasteiger charge is -2.11. The fraction of sp³-hybridized carbons (Fsp3) is 0.200. The number of carbonyl (C=O) groups is 2. The van der Waals surface area contributed by atoms with Crippen molar-refractivity contribution in [2.75, 3.05) is 4.90 Å². The maximum Gasteiger partial charge on any atom is 0.325 e. The first-order valence-electron chi connectivity index (χ1n) is 4.84. The third kappa shape index (κ3) is 3.90. The number of nitrogens with zero attached hydrogens (tertiary/aromatic N) is 2. The van der Waals surface area contributed by atoms with Crippen LogP contribution < -0.4 is 10.6 Å². The number of nitrogens with two attached hydrogens (primary N) is 1. The van der Waals surface area contributed by atoms with Crippen LogP contribution in [0.3, 0.4) is 0 Å². The standard InChI is InChI=1S/C8H7N3O4.C2H6/c9-8(13)10(5-12)6-2-1-3-7(4-6)11(14)15;1-2/h1-5H,(H2,9,13);1-2H3. The van der Waals surface area contributed by atoms with Gasteiger partial charge < -0.3 is 5.73 Å². The summed E-state index contributed by atoms with van der Waals surface area (Å²) in [5.41, 5.74) is 4.73. The van der Waals surface area contributed by atoms with Gasteiger partial charge >= 0.3 is 6.03 Å². The number of anilines is 1. The minimum atomic E-state index is -0.995. The number of urea groups is 1. The Labute approximate surface area is 98.0 Å². The number of benzene rings is 1. The number of imide groups is 1. The maximum absolute atomic E-state index is 10.8. The third-order valence-corrected chi connectivity index (χ3v) is 1.66. The van der Waals surface area contributed by atoms with Crippen LogP contribution in [0, 0.1) is 10.1 Å². The average molecular weight is 239 g/mol. The molecule has 1 rings (SSSR count). The van der Waals surface area contributed by atoms with Crippen LogP contribution in [0.1, 0.15) is 13.8 Å². The van der Waals surface area contributed by atoms with Gasteiger partial charge in [-0.05, 0) is 6.07 Å². The number of primary amides is 1. The highest BCUT2D eigenvalue weighted by atomic mass is 16.6. The summed E-state index contributed by atoms with van der Waals surface area (Å²) in [7, 11) is 0. The van der Waals surface area contributed by atoms with E-state index in [1.807, 2.05) is 13.8 Å². The summed E-state index contributed by atoms with van der Waals surface area (Å²) in [6.07, 6.45) is 0.196. The van der Waals surface area contributed by atoms with E-state index in [-0.39, 0.29) is 17.8 Å². The van der Waals surface area contributed by atoms with Crippen LogP contribution in [-0.2, 0) is 4.79 Å². The summed E-state index contributed by atoms with van der Waals surface area (Å²) in [4.78, 5) is 31.6. The number of hydrogen-bond donors (Lipinski definition) is 1. The molecule has 0 aliphatic heterocycles. The van der Waals surface area contributed by atoms with Crippen LogP contribution in [0.15, 0.2) is 24.3 Å². The molecular formula is C10H13N3O4. The summed E-state index contributed by atoms with van der Waals surface area (Å²) in [5, 5.41) is 10.4. The number of amides is 3. The number of carbonyl (C=O) groups excluding carboxylic acids is 2. The first kappa shape index (κ1) is 14.6. The fourth-order valence-electron chi connectivity index (χ4n) is 0.996. The molecule has 7 heteroatoms. The van der Waals surface area contributed by atoms with E-state index in [0.29, 0.717) is 4.90 Å². The molecule has 0 fully saturated rings. The van der Waals surface area contributed by atoms with Gasteiger partial charge in [-0.1, -0.05) is 19.9 Å². The molecule has 0 saturated heterocycles. The molecule has 0 atom stereocenters. The van der Waals surface area contributed by atoms with Crippen molar-refractivity contribution in [1.29, 1.82) is 0 Å². The maximum atomic E-state index is 10.8. The topological polar surface area (TPSA) is 107 Å². The van der Waals surface area contributed by atoms with Crippen molar-refractivity contribution in [3.8, 4) is 0 Å². The molecule has 1 aromatic rings. The van der Waals surface area contributed by atoms with E-state index in [2.05, 4.69) is 0 Å². The molecule has 17 heavy (non-hydrogen) atoms. The number of nitro groups is 1. The van der Waals surface area contributed by atoms with Gasteiger partial charge in [-0.2, -0.15) is 0 Å². The third-order valence-electron chi connectivity index (χ3n) is 1.66. The molecule has 0 spiro atoms. The highest BCUT2D eigenvalue weighted by Crippen LogP contribution is 2.19. The van der Waals surface area contributed by atoms with E-state index in [1.54, 1.807) is 0 Å². The van der Waals surface area contributed by atoms with E-state index >= 15 is 0 Å². The van der Waals surface area contributed by atoms with Gasteiger partial charge in [-0.25, -0.2) is 9.69 Å². The summed E-state index contributed by atoms with van der Waals surface area (Å²) in [6, 6.07) is 4.05. The molecule has 0 aliphatic rings. The Morgan fingerprint density at radius 3 is 2.47 bits per heavy atom. The minimum Gasteiger partial charge on any atom is -0.351 e. The van der Waals surface area contributed by atoms with Gasteiger partial charge in [-0.15, -0.1) is 0 Å². The number of non-ortho nitro benzene ring substituents is 1. The summed E-state index contributed by atoms with van der Waals surface area (Å²) >= 11 is 0. The van der Waals surface area contributed by atoms with E-state index in [1.165, 1.54) is 18.2 Å². The zero-order chi connectivity index (χ0) is 13.4. The van der Waals surface area contributed by atoms with Gasteiger partial charge in [0.1, 0.15) is 0 Å². The Morgan fingerprint density at radius 1 is 1.47 bits per heavy atom. The SMILES string of the molecule is CC.NC(=O)N(C=O)c1cccc([N+](=O)[O-])c1. The molecule has 0 heterocycles. The van der Waals surface area contributed by atoms with Crippen molar-refractivity contribution in [2.24, 2.45) is 5.73 Å². The van der Waals surface area contributed by atoms with Gasteiger partial charge in [0.2, 0.25) is 6.41 Å². The van der Waals surface area contributed by atoms with Gasteiger partial charge in [0.05, 0.1) is 10.6 Å². The van der Waals surface area contributed by atoms with Crippen LogP contribution in [-0.4, -0.2) is 17.4 Å². The lowest BCUT2D eigenvalue weighted by Crippen LogP contribution is -2.34. The monoisotopic (exact) mass is 239 g/mol. The van der Waals surface area contributed by atoms with Crippen molar-refractivity contribution in [3.63, 3.8) is 0 Å². The summed E-state index contributed by atoms with van der Waals surface area (Å²) in [6.45, 7) is 4.00. The second kappa shape index (κ2) is 6.94. The van der Waals surface area contributed by atoms with Gasteiger partial charge in [0, 0.05) is 12.1 Å². The van der Waals surface area contributed by atoms with E-state index < -0.39 is 11.0 Å². The molecule has 0 saturated carbocycles. The van der Waals surface area contributed by atoms with Crippen LogP contribution in [0.25, 0.3) is 0 Å². The molecule has 0 radical (unpaired) electrons. The predicted molar refractivity (Wildman–Crippen MR) is 62.6 cm³/mol. The first-order chi connectivity index (χ1) is 8.06. The van der Waals surface area contributed by atoms with Crippen molar-refractivity contribution in [2.45, 2.75) is 13.8 Å². The number of nitro benzene ring substituents is 1. The molecule has 92 valence electrons. The minimum absolute atomic E-state index is 0.0618. The largest absolute Gasteiger partial charge is 0.351 e. The number of rotatable bonds is 3. The molecule has 2 N–H and O–H groups in total. The van der Waals surface area contributed by atoms with Gasteiger partial charge in [0.25, 0.3) is 5.69 Å². The van der Waals surface area contributed by atoms with Crippen LogP contribution in [0.2, 0.25) is 0 Å². The Morgan fingerprint density at radius 2 is 2.06 bits per heavy atom. The normalized spacial score (nSPS) is 8.59. The predicted octanol–water partition coefficient (Wildman–Crippen LogP) is 1.66. The number of hydrogen-bond acceptors (Lipinski definition) is 4. The zero-order valence-corrected chi connectivity index (χ0v) is 9.49. The van der Waals surface area contributed by atoms with Crippen LogP contribution in [0.4, 0.5) is 16.2 Å². The van der Waals surface area contributed by atoms with E-state index in [0.717, 1.165) is 6.07 Å². The molecular weight excluding hydrogens is 226 g/mol. The average Bonchev–Trinajstić information content (AvgIpc) is 2.32. The smallest absolute Gasteiger partial charge is 0.325 e. The highest BCUT2D eigenvalue weighted by molar-refractivity contribution is 6.05. The lowest BCUT2D eigenvalue weighted by atomic mass is 10.2. The Balaban J connectivity index is 0.00000121. The molecule has 0 bridgehead atoms. The van der Waals surface area contributed by atoms with Crippen molar-refractivity contribution in [3.05, 3.63) is 34.4 Å². The lowest BCUT2D eigenvalue weighted by molar-refractivity contribution is -0.384. The van der Waals surface area contributed by atoms with Gasteiger partial charge in [-0.3, -0.25) is 14.9 Å². The van der Waals surface area contributed by atoms with Crippen molar-refractivity contribution >= 4 is 23.8 Å². The Hall–Kier alpha value is -2.44. The van der Waals surface area contributed by atoms with Gasteiger partial charge in [0.15, 0.2) is 0 Å². The van der Waals surface area contributed by atoms with Crippen molar-refractivity contribution < 1.29 is 14.5 Å². The quantitative estimate of drug-likeness (QED) is 0.491. The molecule has 7 nitrogen and oxygen atoms in total. The Kier molecular flexibility index (Phi) is 5.94. The second-order valence-electron chi connectivity index (χ2n) is 2.59. The molecule has 0 unspecified atom stereocenters. The molecule has 0 aliphatic carbocycles. The first-order valence-corrected chi connectivity index (χ1v) is 4.84. The zero-order valence-electron chi connectivity index (χ0n) is 9.49.